The summed E-state index contributed by atoms with van der Waals surface area (Å²) in [7, 11) is 1.65. The molecule has 4 rings (SSSR count). The van der Waals surface area contributed by atoms with Crippen molar-refractivity contribution in [1.29, 1.82) is 0 Å². The normalized spacial score (nSPS) is 13.8. The second-order valence-corrected chi connectivity index (χ2v) is 8.51. The molecule has 0 saturated carbocycles. The van der Waals surface area contributed by atoms with Crippen LogP contribution in [0.5, 0.6) is 5.88 Å². The quantitative estimate of drug-likeness (QED) is 0.497. The van der Waals surface area contributed by atoms with E-state index in [0.29, 0.717) is 12.4 Å². The lowest BCUT2D eigenvalue weighted by Gasteiger charge is -2.15. The van der Waals surface area contributed by atoms with Gasteiger partial charge in [-0.25, -0.2) is 4.98 Å². The number of pyridine rings is 1. The van der Waals surface area contributed by atoms with Crippen molar-refractivity contribution in [2.75, 3.05) is 13.7 Å². The van der Waals surface area contributed by atoms with Crippen LogP contribution in [0.2, 0.25) is 5.02 Å². The Morgan fingerprint density at radius 2 is 1.84 bits per heavy atom. The molecular formula is C26H30ClN3O. The second-order valence-electron chi connectivity index (χ2n) is 8.13. The minimum atomic E-state index is 0.152. The first kappa shape index (κ1) is 21.8. The second kappa shape index (κ2) is 9.82. The van der Waals surface area contributed by atoms with Gasteiger partial charge < -0.3 is 15.8 Å². The number of fused-ring (bicyclic) bond motifs is 1. The Hall–Kier alpha value is -2.40. The highest BCUT2D eigenvalue weighted by atomic mass is 35.5. The Kier molecular flexibility index (Phi) is 6.91. The van der Waals surface area contributed by atoms with Crippen molar-refractivity contribution in [2.24, 2.45) is 5.73 Å². The molecule has 162 valence electrons. The molecule has 1 aliphatic rings. The van der Waals surface area contributed by atoms with Crippen molar-refractivity contribution >= 4 is 11.6 Å². The van der Waals surface area contributed by atoms with Gasteiger partial charge in [0.2, 0.25) is 5.88 Å². The van der Waals surface area contributed by atoms with Gasteiger partial charge in [-0.2, -0.15) is 0 Å². The zero-order chi connectivity index (χ0) is 21.8. The van der Waals surface area contributed by atoms with Gasteiger partial charge in [-0.05, 0) is 48.4 Å². The monoisotopic (exact) mass is 435 g/mol. The number of halogens is 1. The van der Waals surface area contributed by atoms with E-state index in [1.165, 1.54) is 23.1 Å². The molecule has 1 heterocycles. The molecule has 2 aromatic carbocycles. The van der Waals surface area contributed by atoms with E-state index < -0.39 is 0 Å². The molecule has 1 unspecified atom stereocenters. The molecule has 4 nitrogen and oxygen atoms in total. The molecule has 0 fully saturated rings. The first-order valence-electron chi connectivity index (χ1n) is 11.0. The Morgan fingerprint density at radius 3 is 2.65 bits per heavy atom. The zero-order valence-corrected chi connectivity index (χ0v) is 19.0. The van der Waals surface area contributed by atoms with E-state index in [2.05, 4.69) is 48.6 Å². The van der Waals surface area contributed by atoms with E-state index in [1.54, 1.807) is 7.11 Å². The van der Waals surface area contributed by atoms with Gasteiger partial charge in [0.15, 0.2) is 0 Å². The predicted molar refractivity (Wildman–Crippen MR) is 129 cm³/mol. The molecule has 0 amide bonds. The van der Waals surface area contributed by atoms with Gasteiger partial charge in [0.1, 0.15) is 0 Å². The van der Waals surface area contributed by atoms with Crippen LogP contribution in [-0.4, -0.2) is 24.7 Å². The van der Waals surface area contributed by atoms with E-state index >= 15 is 0 Å². The van der Waals surface area contributed by atoms with Gasteiger partial charge in [-0.1, -0.05) is 61.0 Å². The Morgan fingerprint density at radius 1 is 1.06 bits per heavy atom. The van der Waals surface area contributed by atoms with Crippen LogP contribution in [-0.2, 0) is 19.4 Å². The largest absolute Gasteiger partial charge is 0.481 e. The molecule has 0 spiro atoms. The standard InChI is InChI=1S/C26H30ClN3O/c1-3-19(28)16-29-15-18-13-14-24(30-26(18)31-2)23-12-6-11-22(25(23)27)21-10-5-8-17-7-4-9-20(17)21/h5-6,8,10-14,19,29H,3-4,7,9,15-16,28H2,1-2H3. The molecule has 31 heavy (non-hydrogen) atoms. The lowest BCUT2D eigenvalue weighted by Crippen LogP contribution is -2.32. The summed E-state index contributed by atoms with van der Waals surface area (Å²) in [4.78, 5) is 4.77. The molecule has 1 aromatic heterocycles. The van der Waals surface area contributed by atoms with Crippen LogP contribution in [0.15, 0.2) is 48.5 Å². The highest BCUT2D eigenvalue weighted by Gasteiger charge is 2.19. The molecule has 0 saturated heterocycles. The fraction of sp³-hybridized carbons (Fsp3) is 0.346. The number of ether oxygens (including phenoxy) is 1. The Bertz CT molecular complexity index is 1070. The number of nitrogens with two attached hydrogens (primary N) is 1. The lowest BCUT2D eigenvalue weighted by molar-refractivity contribution is 0.390. The van der Waals surface area contributed by atoms with Crippen molar-refractivity contribution in [2.45, 2.75) is 45.2 Å². The summed E-state index contributed by atoms with van der Waals surface area (Å²) in [6, 6.07) is 16.9. The number of benzene rings is 2. The Balaban J connectivity index is 1.65. The molecule has 0 radical (unpaired) electrons. The average Bonchev–Trinajstić information content (AvgIpc) is 3.28. The summed E-state index contributed by atoms with van der Waals surface area (Å²) in [6.45, 7) is 3.51. The van der Waals surface area contributed by atoms with Gasteiger partial charge in [0, 0.05) is 35.8 Å². The maximum absolute atomic E-state index is 6.94. The summed E-state index contributed by atoms with van der Waals surface area (Å²) >= 11 is 6.94. The summed E-state index contributed by atoms with van der Waals surface area (Å²) in [6.07, 6.45) is 4.42. The number of hydrogen-bond acceptors (Lipinski definition) is 4. The van der Waals surface area contributed by atoms with Gasteiger partial charge in [0.25, 0.3) is 0 Å². The smallest absolute Gasteiger partial charge is 0.218 e. The van der Waals surface area contributed by atoms with E-state index in [4.69, 9.17) is 27.1 Å². The first-order valence-corrected chi connectivity index (χ1v) is 11.4. The molecule has 1 aliphatic carbocycles. The molecule has 0 bridgehead atoms. The van der Waals surface area contributed by atoms with Crippen molar-refractivity contribution in [3.63, 3.8) is 0 Å². The third-order valence-electron chi connectivity index (χ3n) is 6.09. The summed E-state index contributed by atoms with van der Waals surface area (Å²) < 4.78 is 5.58. The number of aromatic nitrogens is 1. The van der Waals surface area contributed by atoms with E-state index in [9.17, 15) is 0 Å². The number of methoxy groups -OCH3 is 1. The molecule has 3 aromatic rings. The number of aryl methyl sites for hydroxylation is 1. The molecule has 0 aliphatic heterocycles. The summed E-state index contributed by atoms with van der Waals surface area (Å²) in [5.41, 5.74) is 13.9. The van der Waals surface area contributed by atoms with Crippen LogP contribution in [0.4, 0.5) is 0 Å². The molecule has 3 N–H and O–H groups in total. The number of rotatable bonds is 8. The number of nitrogens with one attached hydrogen (secondary N) is 1. The van der Waals surface area contributed by atoms with Crippen LogP contribution >= 0.6 is 11.6 Å². The van der Waals surface area contributed by atoms with Gasteiger partial charge in [0.05, 0.1) is 17.8 Å². The highest BCUT2D eigenvalue weighted by Crippen LogP contribution is 2.40. The number of hydrogen-bond donors (Lipinski definition) is 2. The van der Waals surface area contributed by atoms with Crippen LogP contribution < -0.4 is 15.8 Å². The van der Waals surface area contributed by atoms with E-state index in [0.717, 1.165) is 53.2 Å². The first-order chi connectivity index (χ1) is 15.1. The SMILES string of the molecule is CCC(N)CNCc1ccc(-c2cccc(-c3cccc4c3CCC4)c2Cl)nc1OC. The fourth-order valence-electron chi connectivity index (χ4n) is 4.28. The maximum atomic E-state index is 6.94. The fourth-order valence-corrected chi connectivity index (χ4v) is 4.60. The third kappa shape index (κ3) is 4.62. The number of nitrogens with zero attached hydrogens (tertiary/aromatic N) is 1. The molecular weight excluding hydrogens is 406 g/mol. The van der Waals surface area contributed by atoms with Crippen LogP contribution in [0.1, 0.15) is 36.5 Å². The summed E-state index contributed by atoms with van der Waals surface area (Å²) in [5, 5.41) is 4.11. The zero-order valence-electron chi connectivity index (χ0n) is 18.2. The van der Waals surface area contributed by atoms with Crippen molar-refractivity contribution in [1.82, 2.24) is 10.3 Å². The summed E-state index contributed by atoms with van der Waals surface area (Å²) in [5.74, 6) is 0.608. The minimum Gasteiger partial charge on any atom is -0.481 e. The lowest BCUT2D eigenvalue weighted by atomic mass is 9.95. The van der Waals surface area contributed by atoms with Crippen LogP contribution in [0, 0.1) is 0 Å². The third-order valence-corrected chi connectivity index (χ3v) is 6.50. The Labute approximate surface area is 189 Å². The predicted octanol–water partition coefficient (Wildman–Crippen LogP) is 5.39. The average molecular weight is 436 g/mol. The molecule has 5 heteroatoms. The van der Waals surface area contributed by atoms with Crippen LogP contribution in [0.25, 0.3) is 22.4 Å². The van der Waals surface area contributed by atoms with E-state index in [-0.39, 0.29) is 6.04 Å². The van der Waals surface area contributed by atoms with Crippen molar-refractivity contribution in [3.8, 4) is 28.3 Å². The highest BCUT2D eigenvalue weighted by molar-refractivity contribution is 6.36. The van der Waals surface area contributed by atoms with E-state index in [1.807, 2.05) is 12.1 Å². The minimum absolute atomic E-state index is 0.152. The maximum Gasteiger partial charge on any atom is 0.218 e. The topological polar surface area (TPSA) is 60.2 Å². The van der Waals surface area contributed by atoms with Gasteiger partial charge in [-0.15, -0.1) is 0 Å². The van der Waals surface area contributed by atoms with Crippen molar-refractivity contribution in [3.05, 3.63) is 70.2 Å². The van der Waals surface area contributed by atoms with Gasteiger partial charge >= 0.3 is 0 Å². The van der Waals surface area contributed by atoms with Crippen molar-refractivity contribution < 1.29 is 4.74 Å². The molecule has 1 atom stereocenters. The van der Waals surface area contributed by atoms with Crippen LogP contribution in [0.3, 0.4) is 0 Å². The van der Waals surface area contributed by atoms with Gasteiger partial charge in [-0.3, -0.25) is 0 Å².